The first-order valence-corrected chi connectivity index (χ1v) is 5.78. The minimum atomic E-state index is -2.98. The summed E-state index contributed by atoms with van der Waals surface area (Å²) in [6, 6.07) is 6.00. The van der Waals surface area contributed by atoms with Gasteiger partial charge in [0.2, 0.25) is 0 Å². The molecular formula is C13H12F2O4. The highest BCUT2D eigenvalue weighted by molar-refractivity contribution is 5.93. The van der Waals surface area contributed by atoms with Crippen molar-refractivity contribution in [3.63, 3.8) is 0 Å². The van der Waals surface area contributed by atoms with E-state index in [1.807, 2.05) is 0 Å². The molecule has 1 aromatic carbocycles. The predicted molar refractivity (Wildman–Crippen MR) is 61.2 cm³/mol. The minimum Gasteiger partial charge on any atom is -0.481 e. The summed E-state index contributed by atoms with van der Waals surface area (Å²) < 4.78 is 28.9. The molecule has 1 aliphatic rings. The summed E-state index contributed by atoms with van der Waals surface area (Å²) in [7, 11) is 0. The van der Waals surface area contributed by atoms with E-state index in [-0.39, 0.29) is 24.4 Å². The number of para-hydroxylation sites is 1. The van der Waals surface area contributed by atoms with Crippen LogP contribution >= 0.6 is 0 Å². The summed E-state index contributed by atoms with van der Waals surface area (Å²) in [5, 5.41) is 8.91. The summed E-state index contributed by atoms with van der Waals surface area (Å²) in [6.45, 7) is -2.98. The molecule has 4 nitrogen and oxygen atoms in total. The van der Waals surface area contributed by atoms with Gasteiger partial charge in [-0.15, -0.1) is 0 Å². The average Bonchev–Trinajstić information content (AvgIpc) is 2.71. The van der Waals surface area contributed by atoms with Gasteiger partial charge in [0.25, 0.3) is 0 Å². The van der Waals surface area contributed by atoms with Gasteiger partial charge < -0.3 is 9.84 Å². The number of alkyl halides is 2. The molecule has 0 amide bonds. The molecule has 2 rings (SSSR count). The fourth-order valence-corrected chi connectivity index (χ4v) is 2.34. The molecule has 2 atom stereocenters. The fraction of sp³-hybridized carbons (Fsp3) is 0.385. The molecule has 0 spiro atoms. The van der Waals surface area contributed by atoms with Crippen LogP contribution in [0.25, 0.3) is 0 Å². The molecule has 0 unspecified atom stereocenters. The highest BCUT2D eigenvalue weighted by Gasteiger charge is 2.38. The first kappa shape index (κ1) is 13.5. The van der Waals surface area contributed by atoms with Crippen LogP contribution in [-0.2, 0) is 9.59 Å². The number of hydrogen-bond donors (Lipinski definition) is 1. The Morgan fingerprint density at radius 2 is 2.05 bits per heavy atom. The lowest BCUT2D eigenvalue weighted by atomic mass is 9.95. The normalized spacial score (nSPS) is 22.8. The van der Waals surface area contributed by atoms with E-state index in [0.717, 1.165) is 0 Å². The summed E-state index contributed by atoms with van der Waals surface area (Å²) in [5.74, 6) is -2.80. The van der Waals surface area contributed by atoms with Crippen LogP contribution in [0, 0.1) is 5.92 Å². The van der Waals surface area contributed by atoms with E-state index >= 15 is 0 Å². The second-order valence-electron chi connectivity index (χ2n) is 4.41. The molecule has 1 saturated carbocycles. The number of aliphatic carboxylic acids is 1. The van der Waals surface area contributed by atoms with E-state index in [2.05, 4.69) is 4.74 Å². The maximum atomic E-state index is 12.3. The van der Waals surface area contributed by atoms with E-state index in [9.17, 15) is 18.4 Å². The van der Waals surface area contributed by atoms with Gasteiger partial charge in [-0.3, -0.25) is 9.59 Å². The Bertz CT molecular complexity index is 501. The number of ketones is 1. The maximum Gasteiger partial charge on any atom is 0.387 e. The van der Waals surface area contributed by atoms with Crippen LogP contribution in [0.15, 0.2) is 24.3 Å². The Kier molecular flexibility index (Phi) is 3.78. The van der Waals surface area contributed by atoms with Crippen LogP contribution in [0.3, 0.4) is 0 Å². The number of benzene rings is 1. The third-order valence-corrected chi connectivity index (χ3v) is 3.22. The first-order valence-electron chi connectivity index (χ1n) is 5.78. The van der Waals surface area contributed by atoms with Crippen molar-refractivity contribution in [2.45, 2.75) is 25.4 Å². The number of carbonyl (C=O) groups excluding carboxylic acids is 1. The van der Waals surface area contributed by atoms with Gasteiger partial charge in [0, 0.05) is 17.9 Å². The number of ether oxygens (including phenoxy) is 1. The van der Waals surface area contributed by atoms with Crippen molar-refractivity contribution in [3.05, 3.63) is 29.8 Å². The molecule has 0 saturated heterocycles. The summed E-state index contributed by atoms with van der Waals surface area (Å²) in [6.07, 6.45) is 0.0563. The Balaban J connectivity index is 2.27. The Morgan fingerprint density at radius 3 is 2.63 bits per heavy atom. The standard InChI is InChI=1S/C13H12F2O4/c14-13(15)19-11-4-2-1-3-8(11)9-5-7(12(17)18)6-10(9)16/h1-4,7,9,13H,5-6H2,(H,17,18)/t7-,9-/m0/s1. The smallest absolute Gasteiger partial charge is 0.387 e. The number of carboxylic acid groups (broad SMARTS) is 1. The molecule has 1 fully saturated rings. The van der Waals surface area contributed by atoms with Crippen molar-refractivity contribution >= 4 is 11.8 Å². The molecule has 102 valence electrons. The van der Waals surface area contributed by atoms with Gasteiger partial charge in [-0.05, 0) is 12.5 Å². The zero-order valence-electron chi connectivity index (χ0n) is 9.88. The van der Waals surface area contributed by atoms with Gasteiger partial charge in [0.15, 0.2) is 0 Å². The quantitative estimate of drug-likeness (QED) is 0.912. The molecule has 1 N–H and O–H groups in total. The Labute approximate surface area is 108 Å². The molecule has 1 aromatic rings. The van der Waals surface area contributed by atoms with E-state index in [4.69, 9.17) is 5.11 Å². The summed E-state index contributed by atoms with van der Waals surface area (Å²) in [5.41, 5.74) is 0.330. The van der Waals surface area contributed by atoms with Crippen molar-refractivity contribution in [1.82, 2.24) is 0 Å². The molecule has 0 aromatic heterocycles. The highest BCUT2D eigenvalue weighted by atomic mass is 19.3. The van der Waals surface area contributed by atoms with Crippen LogP contribution in [0.5, 0.6) is 5.75 Å². The Hall–Kier alpha value is -1.98. The number of rotatable bonds is 4. The fourth-order valence-electron chi connectivity index (χ4n) is 2.34. The lowest BCUT2D eigenvalue weighted by Crippen LogP contribution is -2.10. The second kappa shape index (κ2) is 5.34. The van der Waals surface area contributed by atoms with Crippen LogP contribution in [0.2, 0.25) is 0 Å². The van der Waals surface area contributed by atoms with Gasteiger partial charge in [-0.25, -0.2) is 0 Å². The SMILES string of the molecule is O=C(O)[C@@H]1CC(=O)[C@H](c2ccccc2OC(F)F)C1. The van der Waals surface area contributed by atoms with Gasteiger partial charge in [-0.1, -0.05) is 18.2 Å². The predicted octanol–water partition coefficient (Wildman–Crippen LogP) is 2.44. The average molecular weight is 270 g/mol. The number of Topliss-reactive ketones (excluding diaryl/α,β-unsaturated/α-hetero) is 1. The maximum absolute atomic E-state index is 12.3. The van der Waals surface area contributed by atoms with Gasteiger partial charge in [0.05, 0.1) is 5.92 Å². The van der Waals surface area contributed by atoms with E-state index in [1.165, 1.54) is 18.2 Å². The van der Waals surface area contributed by atoms with E-state index in [1.54, 1.807) is 6.07 Å². The first-order chi connectivity index (χ1) is 8.99. The van der Waals surface area contributed by atoms with Gasteiger partial charge >= 0.3 is 12.6 Å². The van der Waals surface area contributed by atoms with Gasteiger partial charge in [-0.2, -0.15) is 8.78 Å². The van der Waals surface area contributed by atoms with Crippen LogP contribution < -0.4 is 4.74 Å². The largest absolute Gasteiger partial charge is 0.481 e. The van der Waals surface area contributed by atoms with Crippen LogP contribution in [-0.4, -0.2) is 23.5 Å². The van der Waals surface area contributed by atoms with Crippen molar-refractivity contribution in [2.24, 2.45) is 5.92 Å². The monoisotopic (exact) mass is 270 g/mol. The van der Waals surface area contributed by atoms with Crippen molar-refractivity contribution < 1.29 is 28.2 Å². The molecule has 0 radical (unpaired) electrons. The zero-order valence-corrected chi connectivity index (χ0v) is 9.88. The molecule has 0 aliphatic heterocycles. The molecule has 1 aliphatic carbocycles. The third-order valence-electron chi connectivity index (χ3n) is 3.22. The van der Waals surface area contributed by atoms with E-state index < -0.39 is 24.4 Å². The highest BCUT2D eigenvalue weighted by Crippen LogP contribution is 2.39. The van der Waals surface area contributed by atoms with Crippen LogP contribution in [0.4, 0.5) is 8.78 Å². The number of hydrogen-bond acceptors (Lipinski definition) is 3. The molecule has 0 heterocycles. The summed E-state index contributed by atoms with van der Waals surface area (Å²) in [4.78, 5) is 22.7. The zero-order chi connectivity index (χ0) is 14.0. The molecule has 19 heavy (non-hydrogen) atoms. The van der Waals surface area contributed by atoms with Gasteiger partial charge in [0.1, 0.15) is 11.5 Å². The van der Waals surface area contributed by atoms with E-state index in [0.29, 0.717) is 5.56 Å². The number of halogens is 2. The summed E-state index contributed by atoms with van der Waals surface area (Å²) >= 11 is 0. The topological polar surface area (TPSA) is 63.6 Å². The number of carboxylic acids is 1. The lowest BCUT2D eigenvalue weighted by Gasteiger charge is -2.14. The van der Waals surface area contributed by atoms with Crippen molar-refractivity contribution in [1.29, 1.82) is 0 Å². The third kappa shape index (κ3) is 2.89. The second-order valence-corrected chi connectivity index (χ2v) is 4.41. The number of carbonyl (C=O) groups is 2. The van der Waals surface area contributed by atoms with Crippen molar-refractivity contribution in [2.75, 3.05) is 0 Å². The molecular weight excluding hydrogens is 258 g/mol. The Morgan fingerprint density at radius 1 is 1.37 bits per heavy atom. The van der Waals surface area contributed by atoms with Crippen LogP contribution in [0.1, 0.15) is 24.3 Å². The van der Waals surface area contributed by atoms with Crippen molar-refractivity contribution in [3.8, 4) is 5.75 Å². The minimum absolute atomic E-state index is 0.0665. The molecule has 6 heteroatoms. The molecule has 0 bridgehead atoms. The lowest BCUT2D eigenvalue weighted by molar-refractivity contribution is -0.142.